The van der Waals surface area contributed by atoms with E-state index in [9.17, 15) is 0 Å². The molecule has 17 heavy (non-hydrogen) atoms. The Labute approximate surface area is 111 Å². The summed E-state index contributed by atoms with van der Waals surface area (Å²) in [6.07, 6.45) is 1.07. The van der Waals surface area contributed by atoms with Gasteiger partial charge in [-0.05, 0) is 47.0 Å². The minimum atomic E-state index is 0.0594. The van der Waals surface area contributed by atoms with E-state index in [1.807, 2.05) is 6.92 Å². The molecule has 1 saturated heterocycles. The van der Waals surface area contributed by atoms with Gasteiger partial charge in [0.25, 0.3) is 0 Å². The molecular weight excluding hydrogens is 280 g/mol. The second kappa shape index (κ2) is 5.38. The molecule has 0 saturated carbocycles. The van der Waals surface area contributed by atoms with E-state index in [1.54, 1.807) is 0 Å². The highest BCUT2D eigenvalue weighted by molar-refractivity contribution is 9.10. The Morgan fingerprint density at radius 1 is 1.59 bits per heavy atom. The highest BCUT2D eigenvalue weighted by Gasteiger charge is 2.23. The average Bonchev–Trinajstić information content (AvgIpc) is 2.77. The lowest BCUT2D eigenvalue weighted by atomic mass is 10.1. The van der Waals surface area contributed by atoms with Crippen molar-refractivity contribution < 1.29 is 5.11 Å². The molecule has 1 aliphatic rings. The lowest BCUT2D eigenvalue weighted by Gasteiger charge is -2.21. The second-order valence-corrected chi connectivity index (χ2v) is 5.64. The van der Waals surface area contributed by atoms with E-state index in [2.05, 4.69) is 39.0 Å². The summed E-state index contributed by atoms with van der Waals surface area (Å²) in [6.45, 7) is 4.22. The minimum absolute atomic E-state index is 0.0594. The Morgan fingerprint density at radius 2 is 2.35 bits per heavy atom. The molecular formula is C13H19BrN2O. The summed E-state index contributed by atoms with van der Waals surface area (Å²) in [4.78, 5) is 2.32. The van der Waals surface area contributed by atoms with E-state index in [1.165, 1.54) is 5.69 Å². The number of halogens is 1. The molecule has 1 fully saturated rings. The van der Waals surface area contributed by atoms with E-state index in [-0.39, 0.29) is 12.6 Å². The molecule has 0 radical (unpaired) electrons. The third kappa shape index (κ3) is 2.81. The maximum absolute atomic E-state index is 9.16. The van der Waals surface area contributed by atoms with E-state index < -0.39 is 0 Å². The van der Waals surface area contributed by atoms with E-state index >= 15 is 0 Å². The van der Waals surface area contributed by atoms with Gasteiger partial charge in [-0.3, -0.25) is 0 Å². The maximum Gasteiger partial charge on any atom is 0.0510 e. The average molecular weight is 299 g/mol. The van der Waals surface area contributed by atoms with Gasteiger partial charge >= 0.3 is 0 Å². The zero-order valence-corrected chi connectivity index (χ0v) is 11.7. The van der Waals surface area contributed by atoms with Crippen LogP contribution in [0.2, 0.25) is 0 Å². The molecule has 1 unspecified atom stereocenters. The van der Waals surface area contributed by atoms with Crippen molar-refractivity contribution in [3.05, 3.63) is 28.2 Å². The third-order valence-electron chi connectivity index (χ3n) is 3.38. The summed E-state index contributed by atoms with van der Waals surface area (Å²) < 4.78 is 1.09. The molecule has 2 atom stereocenters. The van der Waals surface area contributed by atoms with Gasteiger partial charge in [-0.25, -0.2) is 0 Å². The topological polar surface area (TPSA) is 49.5 Å². The highest BCUT2D eigenvalue weighted by Crippen LogP contribution is 2.32. The van der Waals surface area contributed by atoms with Crippen LogP contribution in [-0.2, 0) is 0 Å². The fraction of sp³-hybridized carbons (Fsp3) is 0.538. The maximum atomic E-state index is 9.16. The molecule has 4 heteroatoms. The summed E-state index contributed by atoms with van der Waals surface area (Å²) in [5.74, 6) is 0.412. The largest absolute Gasteiger partial charge is 0.396 e. The van der Waals surface area contributed by atoms with Crippen molar-refractivity contribution in [3.63, 3.8) is 0 Å². The first kappa shape index (κ1) is 12.9. The second-order valence-electron chi connectivity index (χ2n) is 4.78. The monoisotopic (exact) mass is 298 g/mol. The van der Waals surface area contributed by atoms with E-state index in [0.717, 1.165) is 29.5 Å². The van der Waals surface area contributed by atoms with Gasteiger partial charge in [-0.2, -0.15) is 0 Å². The summed E-state index contributed by atoms with van der Waals surface area (Å²) in [5, 5.41) is 9.16. The van der Waals surface area contributed by atoms with Crippen molar-refractivity contribution in [1.82, 2.24) is 0 Å². The quantitative estimate of drug-likeness (QED) is 0.900. The van der Waals surface area contributed by atoms with Crippen LogP contribution in [0.4, 0.5) is 5.69 Å². The van der Waals surface area contributed by atoms with Crippen LogP contribution in [-0.4, -0.2) is 24.8 Å². The molecule has 1 aromatic carbocycles. The molecule has 1 heterocycles. The van der Waals surface area contributed by atoms with Crippen molar-refractivity contribution >= 4 is 21.6 Å². The minimum Gasteiger partial charge on any atom is -0.396 e. The van der Waals surface area contributed by atoms with Crippen LogP contribution in [0.5, 0.6) is 0 Å². The van der Waals surface area contributed by atoms with Gasteiger partial charge < -0.3 is 15.7 Å². The predicted molar refractivity (Wildman–Crippen MR) is 74.2 cm³/mol. The first-order chi connectivity index (χ1) is 8.11. The highest BCUT2D eigenvalue weighted by atomic mass is 79.9. The van der Waals surface area contributed by atoms with E-state index in [0.29, 0.717) is 5.92 Å². The summed E-state index contributed by atoms with van der Waals surface area (Å²) in [7, 11) is 0. The smallest absolute Gasteiger partial charge is 0.0510 e. The molecule has 1 aliphatic heterocycles. The third-order valence-corrected chi connectivity index (χ3v) is 4.02. The Hall–Kier alpha value is -0.580. The standard InChI is InChI=1S/C13H19BrN2O/c1-9(15)11-2-3-13(12(14)6-11)16-5-4-10(7-16)8-17/h2-3,6,9-10,17H,4-5,7-8,15H2,1H3/t9-,10?/m1/s1. The molecule has 0 aromatic heterocycles. The van der Waals surface area contributed by atoms with Gasteiger partial charge in [0, 0.05) is 36.1 Å². The number of hydrogen-bond acceptors (Lipinski definition) is 3. The van der Waals surface area contributed by atoms with Crippen molar-refractivity contribution in [2.24, 2.45) is 11.7 Å². The zero-order chi connectivity index (χ0) is 12.4. The number of hydrogen-bond donors (Lipinski definition) is 2. The van der Waals surface area contributed by atoms with Gasteiger partial charge in [-0.15, -0.1) is 0 Å². The van der Waals surface area contributed by atoms with Crippen molar-refractivity contribution in [2.45, 2.75) is 19.4 Å². The van der Waals surface area contributed by atoms with Gasteiger partial charge in [0.2, 0.25) is 0 Å². The predicted octanol–water partition coefficient (Wildman–Crippen LogP) is 2.29. The molecule has 1 aromatic rings. The number of nitrogens with zero attached hydrogens (tertiary/aromatic N) is 1. The van der Waals surface area contributed by atoms with Crippen molar-refractivity contribution in [2.75, 3.05) is 24.6 Å². The van der Waals surface area contributed by atoms with Crippen LogP contribution < -0.4 is 10.6 Å². The Morgan fingerprint density at radius 3 is 2.88 bits per heavy atom. The number of aliphatic hydroxyl groups is 1. The molecule has 0 amide bonds. The van der Waals surface area contributed by atoms with Crippen LogP contribution in [0.1, 0.15) is 24.9 Å². The number of benzene rings is 1. The summed E-state index contributed by atoms with van der Waals surface area (Å²) in [6, 6.07) is 6.34. The zero-order valence-electron chi connectivity index (χ0n) is 10.1. The molecule has 0 aliphatic carbocycles. The Bertz CT molecular complexity index is 395. The molecule has 2 rings (SSSR count). The normalized spacial score (nSPS) is 21.9. The molecule has 3 nitrogen and oxygen atoms in total. The first-order valence-corrected chi connectivity index (χ1v) is 6.82. The lowest BCUT2D eigenvalue weighted by molar-refractivity contribution is 0.238. The van der Waals surface area contributed by atoms with Gasteiger partial charge in [0.1, 0.15) is 0 Å². The van der Waals surface area contributed by atoms with Crippen molar-refractivity contribution in [3.8, 4) is 0 Å². The Balaban J connectivity index is 2.17. The van der Waals surface area contributed by atoms with Gasteiger partial charge in [-0.1, -0.05) is 6.07 Å². The molecule has 0 bridgehead atoms. The lowest BCUT2D eigenvalue weighted by Crippen LogP contribution is -2.21. The van der Waals surface area contributed by atoms with Crippen LogP contribution >= 0.6 is 15.9 Å². The summed E-state index contributed by atoms with van der Waals surface area (Å²) >= 11 is 3.61. The van der Waals surface area contributed by atoms with Crippen molar-refractivity contribution in [1.29, 1.82) is 0 Å². The number of nitrogens with two attached hydrogens (primary N) is 1. The fourth-order valence-electron chi connectivity index (χ4n) is 2.26. The molecule has 3 N–H and O–H groups in total. The van der Waals surface area contributed by atoms with E-state index in [4.69, 9.17) is 10.8 Å². The van der Waals surface area contributed by atoms with Crippen LogP contribution in [0, 0.1) is 5.92 Å². The van der Waals surface area contributed by atoms with Crippen LogP contribution in [0.25, 0.3) is 0 Å². The van der Waals surface area contributed by atoms with Gasteiger partial charge in [0.05, 0.1) is 5.69 Å². The fourth-order valence-corrected chi connectivity index (χ4v) is 2.91. The summed E-state index contributed by atoms with van der Waals surface area (Å²) in [5.41, 5.74) is 8.20. The molecule has 94 valence electrons. The Kier molecular flexibility index (Phi) is 4.07. The van der Waals surface area contributed by atoms with Crippen LogP contribution in [0.15, 0.2) is 22.7 Å². The number of aliphatic hydroxyl groups excluding tert-OH is 1. The number of anilines is 1. The number of rotatable bonds is 3. The molecule has 0 spiro atoms. The van der Waals surface area contributed by atoms with Crippen LogP contribution in [0.3, 0.4) is 0 Å². The SMILES string of the molecule is C[C@@H](N)c1ccc(N2CCC(CO)C2)c(Br)c1. The first-order valence-electron chi connectivity index (χ1n) is 6.02. The van der Waals surface area contributed by atoms with Gasteiger partial charge in [0.15, 0.2) is 0 Å².